The molecule has 1 aromatic heterocycles. The van der Waals surface area contributed by atoms with E-state index in [-0.39, 0.29) is 19.1 Å². The van der Waals surface area contributed by atoms with E-state index in [0.29, 0.717) is 48.9 Å². The number of amides is 1. The smallest absolute Gasteiger partial charge is 0.282 e. The fraction of sp³-hybridized carbons (Fsp3) is 0.545. The van der Waals surface area contributed by atoms with Crippen molar-refractivity contribution in [1.82, 2.24) is 18.9 Å². The topological polar surface area (TPSA) is 91.8 Å². The number of ether oxygens (including phenoxy) is 1. The summed E-state index contributed by atoms with van der Waals surface area (Å²) < 4.78 is 34.7. The first-order valence-electron chi connectivity index (χ1n) is 10.8. The third-order valence-electron chi connectivity index (χ3n) is 5.37. The number of rotatable bonds is 8. The number of fused-ring (bicyclic) bond motifs is 1. The van der Waals surface area contributed by atoms with Crippen molar-refractivity contribution in [2.24, 2.45) is 5.92 Å². The Morgan fingerprint density at radius 2 is 2.00 bits per heavy atom. The molecule has 1 aliphatic heterocycles. The van der Waals surface area contributed by atoms with Gasteiger partial charge in [0.05, 0.1) is 23.4 Å². The number of benzene rings is 1. The average molecular weight is 449 g/mol. The Morgan fingerprint density at radius 1 is 1.29 bits per heavy atom. The van der Waals surface area contributed by atoms with Crippen LogP contribution in [-0.4, -0.2) is 67.3 Å². The van der Waals surface area contributed by atoms with Gasteiger partial charge < -0.3 is 10.1 Å². The standard InChI is InChI=1S/C22H32N4O4S/c1-5-25(6-2)31(28,29)26-11-12-30-21(15-26)20-13-18(22(27)23-14-16(3)4)17-9-7-8-10-19(17)24-20/h7-10,13,16,21H,5-6,11-12,14-15H2,1-4H3,(H,23,27)/t21-/m0/s1. The normalized spacial score (nSPS) is 18.1. The molecule has 1 amide bonds. The lowest BCUT2D eigenvalue weighted by molar-refractivity contribution is -0.00644. The number of hydrogen-bond donors (Lipinski definition) is 1. The van der Waals surface area contributed by atoms with Crippen LogP contribution >= 0.6 is 0 Å². The van der Waals surface area contributed by atoms with Gasteiger partial charge in [0, 0.05) is 38.1 Å². The summed E-state index contributed by atoms with van der Waals surface area (Å²) >= 11 is 0. The summed E-state index contributed by atoms with van der Waals surface area (Å²) in [6, 6.07) is 9.20. The number of nitrogens with one attached hydrogen (secondary N) is 1. The van der Waals surface area contributed by atoms with Gasteiger partial charge in [0.15, 0.2) is 0 Å². The van der Waals surface area contributed by atoms with Crippen molar-refractivity contribution >= 4 is 27.0 Å². The molecule has 8 nitrogen and oxygen atoms in total. The second kappa shape index (κ2) is 10.0. The minimum absolute atomic E-state index is 0.164. The number of nitrogens with zero attached hydrogens (tertiary/aromatic N) is 3. The molecule has 1 aromatic carbocycles. The maximum absolute atomic E-state index is 13.0. The van der Waals surface area contributed by atoms with Gasteiger partial charge in [0.25, 0.3) is 16.1 Å². The Hall–Kier alpha value is -2.07. The summed E-state index contributed by atoms with van der Waals surface area (Å²) in [6.45, 7) is 9.85. The monoisotopic (exact) mass is 448 g/mol. The molecule has 2 heterocycles. The van der Waals surface area contributed by atoms with Gasteiger partial charge in [0.2, 0.25) is 0 Å². The van der Waals surface area contributed by atoms with Gasteiger partial charge in [-0.15, -0.1) is 0 Å². The summed E-state index contributed by atoms with van der Waals surface area (Å²) in [5.74, 6) is 0.161. The van der Waals surface area contributed by atoms with Crippen LogP contribution in [0.25, 0.3) is 10.9 Å². The summed E-state index contributed by atoms with van der Waals surface area (Å²) in [5.41, 5.74) is 1.77. The number of aromatic nitrogens is 1. The number of morpholine rings is 1. The fourth-order valence-corrected chi connectivity index (χ4v) is 5.28. The van der Waals surface area contributed by atoms with Crippen molar-refractivity contribution in [1.29, 1.82) is 0 Å². The summed E-state index contributed by atoms with van der Waals surface area (Å²) in [6.07, 6.45) is -0.541. The van der Waals surface area contributed by atoms with Crippen LogP contribution in [0.5, 0.6) is 0 Å². The predicted molar refractivity (Wildman–Crippen MR) is 121 cm³/mol. The van der Waals surface area contributed by atoms with Crippen LogP contribution in [0.15, 0.2) is 30.3 Å². The summed E-state index contributed by atoms with van der Waals surface area (Å²) in [4.78, 5) is 17.6. The molecular weight excluding hydrogens is 416 g/mol. The largest absolute Gasteiger partial charge is 0.369 e. The van der Waals surface area contributed by atoms with Gasteiger partial charge in [-0.2, -0.15) is 17.0 Å². The molecule has 0 saturated carbocycles. The zero-order chi connectivity index (χ0) is 22.6. The minimum Gasteiger partial charge on any atom is -0.369 e. The molecule has 1 atom stereocenters. The molecule has 0 bridgehead atoms. The highest BCUT2D eigenvalue weighted by Gasteiger charge is 2.34. The maximum atomic E-state index is 13.0. The molecule has 1 saturated heterocycles. The average Bonchev–Trinajstić information content (AvgIpc) is 2.77. The number of para-hydroxylation sites is 1. The number of carbonyl (C=O) groups excluding carboxylic acids is 1. The Morgan fingerprint density at radius 3 is 2.68 bits per heavy atom. The molecule has 9 heteroatoms. The highest BCUT2D eigenvalue weighted by atomic mass is 32.2. The second-order valence-corrected chi connectivity index (χ2v) is 9.95. The Balaban J connectivity index is 1.94. The molecule has 0 unspecified atom stereocenters. The van der Waals surface area contributed by atoms with Crippen LogP contribution in [-0.2, 0) is 14.9 Å². The van der Waals surface area contributed by atoms with Gasteiger partial charge in [-0.05, 0) is 18.1 Å². The molecule has 2 aromatic rings. The van der Waals surface area contributed by atoms with E-state index in [1.165, 1.54) is 8.61 Å². The molecule has 1 N–H and O–H groups in total. The van der Waals surface area contributed by atoms with E-state index in [4.69, 9.17) is 9.72 Å². The van der Waals surface area contributed by atoms with Crippen molar-refractivity contribution in [2.45, 2.75) is 33.8 Å². The SMILES string of the molecule is CCN(CC)S(=O)(=O)N1CCO[C@H](c2cc(C(=O)NCC(C)C)c3ccccc3n2)C1. The molecule has 1 aliphatic rings. The second-order valence-electron chi connectivity index (χ2n) is 8.03. The number of hydrogen-bond acceptors (Lipinski definition) is 5. The molecule has 1 fully saturated rings. The zero-order valence-electron chi connectivity index (χ0n) is 18.7. The lowest BCUT2D eigenvalue weighted by atomic mass is 10.0. The molecule has 0 spiro atoms. The van der Waals surface area contributed by atoms with Crippen LogP contribution in [0.4, 0.5) is 0 Å². The van der Waals surface area contributed by atoms with E-state index in [1.807, 2.05) is 52.0 Å². The molecule has 170 valence electrons. The van der Waals surface area contributed by atoms with Crippen LogP contribution in [0.1, 0.15) is 49.9 Å². The highest BCUT2D eigenvalue weighted by molar-refractivity contribution is 7.86. The van der Waals surface area contributed by atoms with Gasteiger partial charge in [-0.1, -0.05) is 45.9 Å². The van der Waals surface area contributed by atoms with Crippen LogP contribution < -0.4 is 5.32 Å². The van der Waals surface area contributed by atoms with E-state index in [9.17, 15) is 13.2 Å². The van der Waals surface area contributed by atoms with E-state index in [1.54, 1.807) is 6.07 Å². The molecule has 0 aliphatic carbocycles. The Bertz CT molecular complexity index is 1020. The van der Waals surface area contributed by atoms with Crippen molar-refractivity contribution in [3.05, 3.63) is 41.6 Å². The fourth-order valence-electron chi connectivity index (χ4n) is 3.67. The summed E-state index contributed by atoms with van der Waals surface area (Å²) in [7, 11) is -3.57. The highest BCUT2D eigenvalue weighted by Crippen LogP contribution is 2.27. The van der Waals surface area contributed by atoms with Gasteiger partial charge in [-0.25, -0.2) is 4.98 Å². The van der Waals surface area contributed by atoms with E-state index in [2.05, 4.69) is 5.32 Å². The molecule has 31 heavy (non-hydrogen) atoms. The van der Waals surface area contributed by atoms with E-state index < -0.39 is 16.3 Å². The van der Waals surface area contributed by atoms with Crippen LogP contribution in [0, 0.1) is 5.92 Å². The Labute approximate surface area is 184 Å². The quantitative estimate of drug-likeness (QED) is 0.670. The predicted octanol–water partition coefficient (Wildman–Crippen LogP) is 2.58. The maximum Gasteiger partial charge on any atom is 0.282 e. The van der Waals surface area contributed by atoms with Gasteiger partial charge >= 0.3 is 0 Å². The molecular formula is C22H32N4O4S. The van der Waals surface area contributed by atoms with E-state index >= 15 is 0 Å². The van der Waals surface area contributed by atoms with Crippen molar-refractivity contribution < 1.29 is 17.9 Å². The van der Waals surface area contributed by atoms with Crippen molar-refractivity contribution in [3.8, 4) is 0 Å². The van der Waals surface area contributed by atoms with Gasteiger partial charge in [-0.3, -0.25) is 4.79 Å². The molecule has 0 radical (unpaired) electrons. The van der Waals surface area contributed by atoms with Crippen molar-refractivity contribution in [2.75, 3.05) is 39.3 Å². The summed E-state index contributed by atoms with van der Waals surface area (Å²) in [5, 5.41) is 3.72. The third-order valence-corrected chi connectivity index (χ3v) is 7.52. The Kier molecular flexibility index (Phi) is 7.64. The lowest BCUT2D eigenvalue weighted by Crippen LogP contribution is -2.49. The van der Waals surface area contributed by atoms with Crippen LogP contribution in [0.2, 0.25) is 0 Å². The van der Waals surface area contributed by atoms with E-state index in [0.717, 1.165) is 5.39 Å². The minimum atomic E-state index is -3.57. The molecule has 3 rings (SSSR count). The first-order chi connectivity index (χ1) is 14.8. The zero-order valence-corrected chi connectivity index (χ0v) is 19.5. The third kappa shape index (κ3) is 5.23. The number of pyridine rings is 1. The lowest BCUT2D eigenvalue weighted by Gasteiger charge is -2.35. The van der Waals surface area contributed by atoms with Crippen LogP contribution in [0.3, 0.4) is 0 Å². The number of carbonyl (C=O) groups is 1. The first kappa shape index (κ1) is 23.6. The van der Waals surface area contributed by atoms with Gasteiger partial charge in [0.1, 0.15) is 6.10 Å². The first-order valence-corrected chi connectivity index (χ1v) is 12.2. The van der Waals surface area contributed by atoms with Crippen molar-refractivity contribution in [3.63, 3.8) is 0 Å².